The summed E-state index contributed by atoms with van der Waals surface area (Å²) in [6.07, 6.45) is 3.53. The minimum atomic E-state index is 0.0637. The van der Waals surface area contributed by atoms with Gasteiger partial charge in [-0.2, -0.15) is 11.8 Å². The highest BCUT2D eigenvalue weighted by Crippen LogP contribution is 2.11. The van der Waals surface area contributed by atoms with Crippen LogP contribution in [0.5, 0.6) is 0 Å². The molecule has 3 nitrogen and oxygen atoms in total. The van der Waals surface area contributed by atoms with Crippen molar-refractivity contribution in [3.05, 3.63) is 24.3 Å². The van der Waals surface area contributed by atoms with Gasteiger partial charge in [0, 0.05) is 17.8 Å². The van der Waals surface area contributed by atoms with E-state index in [0.717, 1.165) is 17.9 Å². The molecule has 0 radical (unpaired) electrons. The molecule has 4 heteroatoms. The van der Waals surface area contributed by atoms with E-state index in [0.29, 0.717) is 12.1 Å². The van der Waals surface area contributed by atoms with Crippen LogP contribution in [0.3, 0.4) is 0 Å². The lowest BCUT2D eigenvalue weighted by Gasteiger charge is -2.04. The van der Waals surface area contributed by atoms with Gasteiger partial charge in [0.25, 0.3) is 0 Å². The van der Waals surface area contributed by atoms with E-state index in [1.807, 2.05) is 18.4 Å². The van der Waals surface area contributed by atoms with Gasteiger partial charge in [-0.25, -0.2) is 0 Å². The maximum absolute atomic E-state index is 11.4. The summed E-state index contributed by atoms with van der Waals surface area (Å²) in [4.78, 5) is 11.4. The van der Waals surface area contributed by atoms with Crippen molar-refractivity contribution < 1.29 is 4.79 Å². The highest BCUT2D eigenvalue weighted by atomic mass is 32.2. The second-order valence-corrected chi connectivity index (χ2v) is 4.25. The number of anilines is 2. The molecular weight excluding hydrogens is 208 g/mol. The Balaban J connectivity index is 2.34. The molecule has 0 aliphatic rings. The van der Waals surface area contributed by atoms with Gasteiger partial charge in [0.05, 0.1) is 0 Å². The maximum Gasteiger partial charge on any atom is 0.224 e. The van der Waals surface area contributed by atoms with Crippen molar-refractivity contribution in [1.29, 1.82) is 0 Å². The zero-order valence-electron chi connectivity index (χ0n) is 8.82. The zero-order chi connectivity index (χ0) is 11.1. The van der Waals surface area contributed by atoms with Crippen molar-refractivity contribution in [2.24, 2.45) is 0 Å². The Morgan fingerprint density at radius 3 is 2.67 bits per heavy atom. The fraction of sp³-hybridized carbons (Fsp3) is 0.364. The first-order valence-corrected chi connectivity index (χ1v) is 6.26. The minimum absolute atomic E-state index is 0.0637. The van der Waals surface area contributed by atoms with Crippen molar-refractivity contribution in [2.45, 2.75) is 12.8 Å². The maximum atomic E-state index is 11.4. The SMILES string of the molecule is CSCCCC(=O)Nc1ccc(N)cc1. The Bertz CT molecular complexity index is 311. The number of hydrogen-bond donors (Lipinski definition) is 2. The van der Waals surface area contributed by atoms with Gasteiger partial charge in [-0.15, -0.1) is 0 Å². The minimum Gasteiger partial charge on any atom is -0.399 e. The van der Waals surface area contributed by atoms with Gasteiger partial charge in [0.2, 0.25) is 5.91 Å². The molecule has 82 valence electrons. The molecule has 3 N–H and O–H groups in total. The zero-order valence-corrected chi connectivity index (χ0v) is 9.64. The van der Waals surface area contributed by atoms with E-state index in [4.69, 9.17) is 5.73 Å². The van der Waals surface area contributed by atoms with Crippen LogP contribution in [0.25, 0.3) is 0 Å². The summed E-state index contributed by atoms with van der Waals surface area (Å²) in [6, 6.07) is 7.17. The van der Waals surface area contributed by atoms with Crippen molar-refractivity contribution in [3.63, 3.8) is 0 Å². The standard InChI is InChI=1S/C11H16N2OS/c1-15-8-2-3-11(14)13-10-6-4-9(12)5-7-10/h4-7H,2-3,8,12H2,1H3,(H,13,14). The molecule has 0 aromatic heterocycles. The Labute approximate surface area is 94.4 Å². The third kappa shape index (κ3) is 4.74. The third-order valence-corrected chi connectivity index (χ3v) is 2.64. The van der Waals surface area contributed by atoms with E-state index >= 15 is 0 Å². The summed E-state index contributed by atoms with van der Waals surface area (Å²) >= 11 is 1.76. The summed E-state index contributed by atoms with van der Waals surface area (Å²) in [5.41, 5.74) is 7.05. The van der Waals surface area contributed by atoms with Gasteiger partial charge in [0.15, 0.2) is 0 Å². The molecule has 0 unspecified atom stereocenters. The summed E-state index contributed by atoms with van der Waals surface area (Å²) in [5.74, 6) is 1.09. The lowest BCUT2D eigenvalue weighted by atomic mass is 10.2. The van der Waals surface area contributed by atoms with Crippen molar-refractivity contribution in [2.75, 3.05) is 23.1 Å². The van der Waals surface area contributed by atoms with E-state index in [1.54, 1.807) is 23.9 Å². The lowest BCUT2D eigenvalue weighted by Crippen LogP contribution is -2.11. The quantitative estimate of drug-likeness (QED) is 0.596. The Morgan fingerprint density at radius 1 is 1.40 bits per heavy atom. The number of benzene rings is 1. The van der Waals surface area contributed by atoms with Crippen LogP contribution >= 0.6 is 11.8 Å². The average Bonchev–Trinajstić information content (AvgIpc) is 2.22. The van der Waals surface area contributed by atoms with E-state index in [-0.39, 0.29) is 5.91 Å². The van der Waals surface area contributed by atoms with Gasteiger partial charge in [-0.1, -0.05) is 0 Å². The molecule has 0 aliphatic heterocycles. The molecule has 1 amide bonds. The van der Waals surface area contributed by atoms with Crippen molar-refractivity contribution >= 4 is 29.0 Å². The molecule has 0 bridgehead atoms. The lowest BCUT2D eigenvalue weighted by molar-refractivity contribution is -0.116. The molecule has 1 aromatic carbocycles. The normalized spacial score (nSPS) is 9.93. The van der Waals surface area contributed by atoms with Crippen LogP contribution in [0.2, 0.25) is 0 Å². The van der Waals surface area contributed by atoms with Gasteiger partial charge in [0.1, 0.15) is 0 Å². The highest BCUT2D eigenvalue weighted by Gasteiger charge is 2.01. The van der Waals surface area contributed by atoms with Crippen LogP contribution in [-0.4, -0.2) is 17.9 Å². The van der Waals surface area contributed by atoms with Crippen LogP contribution < -0.4 is 11.1 Å². The predicted octanol–water partition coefficient (Wildman–Crippen LogP) is 2.35. The summed E-state index contributed by atoms with van der Waals surface area (Å²) < 4.78 is 0. The number of nitrogens with one attached hydrogen (secondary N) is 1. The number of nitrogen functional groups attached to an aromatic ring is 1. The first-order valence-electron chi connectivity index (χ1n) is 4.86. The molecule has 0 spiro atoms. The number of nitrogens with two attached hydrogens (primary N) is 1. The smallest absolute Gasteiger partial charge is 0.224 e. The molecular formula is C11H16N2OS. The predicted molar refractivity (Wildman–Crippen MR) is 67.1 cm³/mol. The fourth-order valence-electron chi connectivity index (χ4n) is 1.17. The number of rotatable bonds is 5. The summed E-state index contributed by atoms with van der Waals surface area (Å²) in [7, 11) is 0. The third-order valence-electron chi connectivity index (χ3n) is 1.95. The monoisotopic (exact) mass is 224 g/mol. The van der Waals surface area contributed by atoms with Crippen LogP contribution in [0, 0.1) is 0 Å². The summed E-state index contributed by atoms with van der Waals surface area (Å²) in [5, 5.41) is 2.82. The Hall–Kier alpha value is -1.16. The molecule has 0 heterocycles. The fourth-order valence-corrected chi connectivity index (χ4v) is 1.60. The van der Waals surface area contributed by atoms with Gasteiger partial charge in [-0.3, -0.25) is 4.79 Å². The van der Waals surface area contributed by atoms with Crippen LogP contribution in [0.4, 0.5) is 11.4 Å². The summed E-state index contributed by atoms with van der Waals surface area (Å²) in [6.45, 7) is 0. The number of carbonyl (C=O) groups excluding carboxylic acids is 1. The Kier molecular flexibility index (Phi) is 5.04. The second kappa shape index (κ2) is 6.35. The first-order chi connectivity index (χ1) is 7.22. The molecule has 0 aliphatic carbocycles. The second-order valence-electron chi connectivity index (χ2n) is 3.27. The van der Waals surface area contributed by atoms with Gasteiger partial charge in [-0.05, 0) is 42.7 Å². The highest BCUT2D eigenvalue weighted by molar-refractivity contribution is 7.98. The molecule has 0 fully saturated rings. The number of thioether (sulfide) groups is 1. The average molecular weight is 224 g/mol. The molecule has 15 heavy (non-hydrogen) atoms. The Morgan fingerprint density at radius 2 is 2.07 bits per heavy atom. The first kappa shape index (κ1) is 11.9. The van der Waals surface area contributed by atoms with E-state index in [2.05, 4.69) is 5.32 Å². The molecule has 0 saturated carbocycles. The van der Waals surface area contributed by atoms with Gasteiger partial charge < -0.3 is 11.1 Å². The van der Waals surface area contributed by atoms with Crippen molar-refractivity contribution in [3.8, 4) is 0 Å². The van der Waals surface area contributed by atoms with E-state index in [9.17, 15) is 4.79 Å². The number of amides is 1. The van der Waals surface area contributed by atoms with Crippen molar-refractivity contribution in [1.82, 2.24) is 0 Å². The van der Waals surface area contributed by atoms with Crippen LogP contribution in [0.15, 0.2) is 24.3 Å². The van der Waals surface area contributed by atoms with Crippen LogP contribution in [-0.2, 0) is 4.79 Å². The molecule has 1 rings (SSSR count). The van der Waals surface area contributed by atoms with E-state index in [1.165, 1.54) is 0 Å². The number of hydrogen-bond acceptors (Lipinski definition) is 3. The number of carbonyl (C=O) groups is 1. The molecule has 1 aromatic rings. The molecule has 0 saturated heterocycles. The topological polar surface area (TPSA) is 55.1 Å². The molecule has 0 atom stereocenters. The van der Waals surface area contributed by atoms with E-state index < -0.39 is 0 Å². The van der Waals surface area contributed by atoms with Gasteiger partial charge >= 0.3 is 0 Å². The largest absolute Gasteiger partial charge is 0.399 e. The van der Waals surface area contributed by atoms with Crippen LogP contribution in [0.1, 0.15) is 12.8 Å².